The normalized spacial score (nSPS) is 33.2. The molecule has 0 spiro atoms. The molecular weight excluding hydrogens is 268 g/mol. The molecule has 2 saturated heterocycles. The van der Waals surface area contributed by atoms with Gasteiger partial charge in [0.25, 0.3) is 0 Å². The van der Waals surface area contributed by atoms with Crippen molar-refractivity contribution in [3.05, 3.63) is 12.0 Å². The first-order chi connectivity index (χ1) is 9.28. The number of esters is 2. The van der Waals surface area contributed by atoms with E-state index in [4.69, 9.17) is 23.7 Å². The molecule has 0 aromatic rings. The van der Waals surface area contributed by atoms with E-state index in [0.717, 1.165) is 0 Å². The Morgan fingerprint density at radius 3 is 2.55 bits per heavy atom. The zero-order chi connectivity index (χ0) is 14.9. The smallest absolute Gasteiger partial charge is 0.307 e. The van der Waals surface area contributed by atoms with E-state index in [1.807, 2.05) is 0 Å². The molecule has 0 N–H and O–H groups in total. The van der Waals surface area contributed by atoms with Crippen molar-refractivity contribution in [1.29, 1.82) is 0 Å². The Kier molecular flexibility index (Phi) is 4.01. The van der Waals surface area contributed by atoms with Crippen molar-refractivity contribution in [1.82, 2.24) is 0 Å². The molecular formula is C13H18O7. The van der Waals surface area contributed by atoms with Crippen LogP contribution in [0.5, 0.6) is 0 Å². The summed E-state index contributed by atoms with van der Waals surface area (Å²) in [7, 11) is 0. The Morgan fingerprint density at radius 2 is 1.95 bits per heavy atom. The molecule has 0 amide bonds. The standard InChI is InChI=1S/C13H18O7/c1-7(14)16-5-9-11-12(20-13(3,4)19-11)10(6-17-9)18-8(2)15/h5,10-12H,6H2,1-4H3/t10-,11-,12+/m0/s1. The molecule has 2 heterocycles. The van der Waals surface area contributed by atoms with Gasteiger partial charge in [0.1, 0.15) is 19.0 Å². The van der Waals surface area contributed by atoms with Gasteiger partial charge in [-0.25, -0.2) is 0 Å². The van der Waals surface area contributed by atoms with Crippen molar-refractivity contribution < 1.29 is 33.3 Å². The molecule has 0 unspecified atom stereocenters. The van der Waals surface area contributed by atoms with Crippen molar-refractivity contribution >= 4 is 11.9 Å². The van der Waals surface area contributed by atoms with Crippen molar-refractivity contribution in [2.75, 3.05) is 6.61 Å². The highest BCUT2D eigenvalue weighted by Gasteiger charge is 2.52. The molecule has 112 valence electrons. The average molecular weight is 286 g/mol. The Hall–Kier alpha value is -1.60. The van der Waals surface area contributed by atoms with Crippen LogP contribution in [-0.2, 0) is 33.3 Å². The highest BCUT2D eigenvalue weighted by Crippen LogP contribution is 2.38. The molecule has 0 bridgehead atoms. The molecule has 20 heavy (non-hydrogen) atoms. The van der Waals surface area contributed by atoms with Gasteiger partial charge in [0.15, 0.2) is 23.8 Å². The third-order valence-corrected chi connectivity index (χ3v) is 2.85. The fourth-order valence-corrected chi connectivity index (χ4v) is 2.19. The number of hydrogen-bond donors (Lipinski definition) is 0. The Balaban J connectivity index is 2.17. The molecule has 2 aliphatic heterocycles. The zero-order valence-electron chi connectivity index (χ0n) is 11.9. The van der Waals surface area contributed by atoms with Crippen LogP contribution in [0.25, 0.3) is 0 Å². The number of fused-ring (bicyclic) bond motifs is 1. The van der Waals surface area contributed by atoms with Gasteiger partial charge in [0.05, 0.1) is 0 Å². The second-order valence-corrected chi connectivity index (χ2v) is 5.11. The molecule has 7 heteroatoms. The van der Waals surface area contributed by atoms with E-state index in [-0.39, 0.29) is 6.61 Å². The van der Waals surface area contributed by atoms with Crippen molar-refractivity contribution in [3.8, 4) is 0 Å². The van der Waals surface area contributed by atoms with E-state index < -0.39 is 36.0 Å². The highest BCUT2D eigenvalue weighted by atomic mass is 16.8. The summed E-state index contributed by atoms with van der Waals surface area (Å²) in [5, 5.41) is 0. The molecule has 2 rings (SSSR count). The first-order valence-electron chi connectivity index (χ1n) is 6.31. The fourth-order valence-electron chi connectivity index (χ4n) is 2.19. The molecule has 0 radical (unpaired) electrons. The minimum absolute atomic E-state index is 0.118. The minimum Gasteiger partial charge on any atom is -0.488 e. The third kappa shape index (κ3) is 3.29. The van der Waals surface area contributed by atoms with Gasteiger partial charge < -0.3 is 23.7 Å². The Bertz CT molecular complexity index is 440. The lowest BCUT2D eigenvalue weighted by Gasteiger charge is -2.32. The predicted molar refractivity (Wildman–Crippen MR) is 65.2 cm³/mol. The van der Waals surface area contributed by atoms with Crippen LogP contribution in [-0.4, -0.2) is 42.6 Å². The number of rotatable bonds is 2. The minimum atomic E-state index is -0.837. The van der Waals surface area contributed by atoms with Crippen LogP contribution in [0.15, 0.2) is 12.0 Å². The summed E-state index contributed by atoms with van der Waals surface area (Å²) < 4.78 is 26.9. The molecule has 0 aliphatic carbocycles. The lowest BCUT2D eigenvalue weighted by molar-refractivity contribution is -0.172. The summed E-state index contributed by atoms with van der Waals surface area (Å²) in [6.07, 6.45) is -0.435. The molecule has 2 aliphatic rings. The van der Waals surface area contributed by atoms with Crippen LogP contribution in [0.3, 0.4) is 0 Å². The monoisotopic (exact) mass is 286 g/mol. The van der Waals surface area contributed by atoms with E-state index >= 15 is 0 Å². The van der Waals surface area contributed by atoms with Gasteiger partial charge in [-0.3, -0.25) is 9.59 Å². The molecule has 7 nitrogen and oxygen atoms in total. The lowest BCUT2D eigenvalue weighted by Crippen LogP contribution is -2.46. The number of hydrogen-bond acceptors (Lipinski definition) is 7. The molecule has 0 aromatic heterocycles. The molecule has 2 fully saturated rings. The van der Waals surface area contributed by atoms with E-state index in [1.165, 1.54) is 20.1 Å². The van der Waals surface area contributed by atoms with Crippen LogP contribution in [0.1, 0.15) is 27.7 Å². The van der Waals surface area contributed by atoms with E-state index in [2.05, 4.69) is 0 Å². The van der Waals surface area contributed by atoms with Gasteiger partial charge in [0, 0.05) is 13.8 Å². The maximum Gasteiger partial charge on any atom is 0.307 e. The molecule has 3 atom stereocenters. The summed E-state index contributed by atoms with van der Waals surface area (Å²) in [5.41, 5.74) is 0. The van der Waals surface area contributed by atoms with Crippen molar-refractivity contribution in [2.45, 2.75) is 51.8 Å². The molecule has 0 saturated carbocycles. The zero-order valence-corrected chi connectivity index (χ0v) is 11.9. The van der Waals surface area contributed by atoms with Crippen LogP contribution >= 0.6 is 0 Å². The number of carbonyl (C=O) groups excluding carboxylic acids is 2. The van der Waals surface area contributed by atoms with Gasteiger partial charge in [-0.1, -0.05) is 0 Å². The lowest BCUT2D eigenvalue weighted by atomic mass is 10.0. The van der Waals surface area contributed by atoms with Crippen LogP contribution in [0.2, 0.25) is 0 Å². The third-order valence-electron chi connectivity index (χ3n) is 2.85. The van der Waals surface area contributed by atoms with Gasteiger partial charge in [0.2, 0.25) is 0 Å². The van der Waals surface area contributed by atoms with Gasteiger partial charge in [-0.2, -0.15) is 0 Å². The van der Waals surface area contributed by atoms with E-state index in [9.17, 15) is 9.59 Å². The predicted octanol–water partition coefficient (Wildman–Crippen LogP) is 0.873. The van der Waals surface area contributed by atoms with Gasteiger partial charge >= 0.3 is 11.9 Å². The summed E-state index contributed by atoms with van der Waals surface area (Å²) in [6, 6.07) is 0. The second kappa shape index (κ2) is 5.41. The summed E-state index contributed by atoms with van der Waals surface area (Å²) >= 11 is 0. The summed E-state index contributed by atoms with van der Waals surface area (Å²) in [5.74, 6) is -1.37. The Morgan fingerprint density at radius 1 is 1.25 bits per heavy atom. The first kappa shape index (κ1) is 14.8. The summed E-state index contributed by atoms with van der Waals surface area (Å²) in [4.78, 5) is 22.0. The fraction of sp³-hybridized carbons (Fsp3) is 0.692. The Labute approximate surface area is 116 Å². The van der Waals surface area contributed by atoms with Crippen molar-refractivity contribution in [3.63, 3.8) is 0 Å². The van der Waals surface area contributed by atoms with Crippen LogP contribution < -0.4 is 0 Å². The van der Waals surface area contributed by atoms with Gasteiger partial charge in [-0.15, -0.1) is 0 Å². The first-order valence-corrected chi connectivity index (χ1v) is 6.31. The number of ether oxygens (including phenoxy) is 5. The quantitative estimate of drug-likeness (QED) is 0.550. The largest absolute Gasteiger partial charge is 0.488 e. The molecule has 0 aromatic carbocycles. The average Bonchev–Trinajstić information content (AvgIpc) is 2.63. The number of carbonyl (C=O) groups is 2. The maximum atomic E-state index is 11.1. The van der Waals surface area contributed by atoms with Crippen molar-refractivity contribution in [2.24, 2.45) is 0 Å². The van der Waals surface area contributed by atoms with E-state index in [0.29, 0.717) is 5.76 Å². The highest BCUT2D eigenvalue weighted by molar-refractivity contribution is 5.67. The SMILES string of the molecule is CC(=O)OC=C1OC[C@H](OC(C)=O)[C@H]2OC(C)(C)O[C@@H]12. The second-order valence-electron chi connectivity index (χ2n) is 5.11. The van der Waals surface area contributed by atoms with E-state index in [1.54, 1.807) is 13.8 Å². The topological polar surface area (TPSA) is 80.3 Å². The summed E-state index contributed by atoms with van der Waals surface area (Å²) in [6.45, 7) is 6.22. The van der Waals surface area contributed by atoms with Crippen LogP contribution in [0.4, 0.5) is 0 Å². The van der Waals surface area contributed by atoms with Gasteiger partial charge in [-0.05, 0) is 13.8 Å². The maximum absolute atomic E-state index is 11.1. The van der Waals surface area contributed by atoms with Crippen LogP contribution in [0, 0.1) is 0 Å².